The van der Waals surface area contributed by atoms with Crippen molar-refractivity contribution in [1.82, 2.24) is 9.55 Å². The maximum absolute atomic E-state index is 13.2. The van der Waals surface area contributed by atoms with Crippen molar-refractivity contribution in [2.24, 2.45) is 0 Å². The molecular formula is C24H15N3O3. The lowest BCUT2D eigenvalue weighted by Gasteiger charge is -2.11. The second-order valence-electron chi connectivity index (χ2n) is 6.55. The van der Waals surface area contributed by atoms with Crippen LogP contribution in [0.4, 0.5) is 0 Å². The molecule has 3 aromatic carbocycles. The minimum absolute atomic E-state index is 0.131. The number of nitriles is 1. The van der Waals surface area contributed by atoms with Gasteiger partial charge < -0.3 is 5.11 Å². The van der Waals surface area contributed by atoms with Gasteiger partial charge in [-0.3, -0.25) is 9.36 Å². The molecule has 0 spiro atoms. The Labute approximate surface area is 171 Å². The number of hydrogen-bond donors (Lipinski definition) is 1. The Kier molecular flexibility index (Phi) is 4.93. The second kappa shape index (κ2) is 7.86. The molecule has 1 heterocycles. The van der Waals surface area contributed by atoms with Crippen LogP contribution in [0.2, 0.25) is 0 Å². The summed E-state index contributed by atoms with van der Waals surface area (Å²) in [6.07, 6.45) is 3.48. The van der Waals surface area contributed by atoms with Crippen LogP contribution in [0.25, 0.3) is 28.7 Å². The molecular weight excluding hydrogens is 378 g/mol. The van der Waals surface area contributed by atoms with E-state index in [1.807, 2.05) is 12.1 Å². The normalized spacial score (nSPS) is 10.9. The van der Waals surface area contributed by atoms with Gasteiger partial charge in [0.1, 0.15) is 5.82 Å². The van der Waals surface area contributed by atoms with Gasteiger partial charge >= 0.3 is 5.97 Å². The SMILES string of the molecule is N#Cc1cccc(/C=C/c2nc3ccccc3c(=O)n2-c2ccc(C(=O)O)cc2)c1. The molecule has 1 N–H and O–H groups in total. The summed E-state index contributed by atoms with van der Waals surface area (Å²) in [5.41, 5.74) is 2.27. The summed E-state index contributed by atoms with van der Waals surface area (Å²) in [5.74, 6) is -0.646. The number of aromatic carboxylic acids is 1. The van der Waals surface area contributed by atoms with Gasteiger partial charge in [-0.2, -0.15) is 5.26 Å². The molecule has 4 aromatic rings. The average molecular weight is 393 g/mol. The zero-order valence-corrected chi connectivity index (χ0v) is 15.7. The predicted molar refractivity (Wildman–Crippen MR) is 114 cm³/mol. The van der Waals surface area contributed by atoms with E-state index in [9.17, 15) is 9.59 Å². The molecule has 0 radical (unpaired) electrons. The molecule has 6 nitrogen and oxygen atoms in total. The van der Waals surface area contributed by atoms with Crippen molar-refractivity contribution in [1.29, 1.82) is 5.26 Å². The zero-order chi connectivity index (χ0) is 21.1. The van der Waals surface area contributed by atoms with Crippen molar-refractivity contribution in [3.8, 4) is 11.8 Å². The van der Waals surface area contributed by atoms with Gasteiger partial charge in [0.2, 0.25) is 0 Å². The van der Waals surface area contributed by atoms with Crippen LogP contribution in [0.1, 0.15) is 27.3 Å². The molecule has 0 aliphatic rings. The fourth-order valence-electron chi connectivity index (χ4n) is 3.15. The Morgan fingerprint density at radius 3 is 2.50 bits per heavy atom. The zero-order valence-electron chi connectivity index (χ0n) is 15.7. The van der Waals surface area contributed by atoms with Crippen molar-refractivity contribution in [2.45, 2.75) is 0 Å². The number of fused-ring (bicyclic) bond motifs is 1. The third-order valence-corrected chi connectivity index (χ3v) is 4.61. The van der Waals surface area contributed by atoms with E-state index in [0.717, 1.165) is 5.56 Å². The highest BCUT2D eigenvalue weighted by Gasteiger charge is 2.12. The summed E-state index contributed by atoms with van der Waals surface area (Å²) in [6, 6.07) is 22.3. The van der Waals surface area contributed by atoms with Gasteiger partial charge in [0.05, 0.1) is 33.8 Å². The van der Waals surface area contributed by atoms with E-state index in [4.69, 9.17) is 10.4 Å². The molecule has 0 fully saturated rings. The molecule has 0 amide bonds. The topological polar surface area (TPSA) is 96.0 Å². The molecule has 0 aliphatic heterocycles. The Bertz CT molecular complexity index is 1390. The average Bonchev–Trinajstić information content (AvgIpc) is 2.78. The van der Waals surface area contributed by atoms with Gasteiger partial charge in [0.15, 0.2) is 0 Å². The lowest BCUT2D eigenvalue weighted by molar-refractivity contribution is 0.0697. The molecule has 0 unspecified atom stereocenters. The molecule has 144 valence electrons. The highest BCUT2D eigenvalue weighted by atomic mass is 16.4. The number of aromatic nitrogens is 2. The molecule has 6 heteroatoms. The molecule has 0 saturated carbocycles. The first-order chi connectivity index (χ1) is 14.6. The maximum atomic E-state index is 13.2. The number of nitrogens with zero attached hydrogens (tertiary/aromatic N) is 3. The Morgan fingerprint density at radius 2 is 1.77 bits per heavy atom. The number of carboxylic acid groups (broad SMARTS) is 1. The molecule has 0 saturated heterocycles. The number of para-hydroxylation sites is 1. The van der Waals surface area contributed by atoms with Crippen molar-refractivity contribution in [2.75, 3.05) is 0 Å². The van der Waals surface area contributed by atoms with Crippen LogP contribution in [0, 0.1) is 11.3 Å². The first kappa shape index (κ1) is 18.8. The lowest BCUT2D eigenvalue weighted by atomic mass is 10.1. The van der Waals surface area contributed by atoms with Crippen molar-refractivity contribution in [3.63, 3.8) is 0 Å². The second-order valence-corrected chi connectivity index (χ2v) is 6.55. The number of carboxylic acids is 1. The van der Waals surface area contributed by atoms with Crippen LogP contribution in [0.3, 0.4) is 0 Å². The third-order valence-electron chi connectivity index (χ3n) is 4.61. The highest BCUT2D eigenvalue weighted by Crippen LogP contribution is 2.16. The molecule has 0 aliphatic carbocycles. The molecule has 1 aromatic heterocycles. The smallest absolute Gasteiger partial charge is 0.335 e. The third kappa shape index (κ3) is 3.60. The number of hydrogen-bond acceptors (Lipinski definition) is 4. The Hall–Kier alpha value is -4.50. The minimum atomic E-state index is -1.04. The monoisotopic (exact) mass is 393 g/mol. The number of benzene rings is 3. The fourth-order valence-corrected chi connectivity index (χ4v) is 3.15. The first-order valence-corrected chi connectivity index (χ1v) is 9.10. The molecule has 0 atom stereocenters. The standard InChI is InChI=1S/C24H15N3O3/c25-15-17-5-3-4-16(14-17)8-13-22-26-21-7-2-1-6-20(21)23(28)27(22)19-11-9-18(10-12-19)24(29)30/h1-14H,(H,29,30)/b13-8+. The number of carbonyl (C=O) groups is 1. The van der Waals surface area contributed by atoms with E-state index in [1.54, 1.807) is 60.7 Å². The van der Waals surface area contributed by atoms with Gasteiger partial charge in [-0.05, 0) is 60.2 Å². The van der Waals surface area contributed by atoms with E-state index in [-0.39, 0.29) is 11.1 Å². The van der Waals surface area contributed by atoms with Crippen LogP contribution < -0.4 is 5.56 Å². The fraction of sp³-hybridized carbons (Fsp3) is 0. The highest BCUT2D eigenvalue weighted by molar-refractivity contribution is 5.88. The van der Waals surface area contributed by atoms with Crippen LogP contribution in [-0.2, 0) is 0 Å². The maximum Gasteiger partial charge on any atom is 0.335 e. The summed E-state index contributed by atoms with van der Waals surface area (Å²) >= 11 is 0. The number of rotatable bonds is 4. The summed E-state index contributed by atoms with van der Waals surface area (Å²) < 4.78 is 1.44. The Balaban J connectivity index is 1.90. The van der Waals surface area contributed by atoms with Crippen molar-refractivity contribution in [3.05, 3.63) is 106 Å². The van der Waals surface area contributed by atoms with E-state index in [2.05, 4.69) is 11.1 Å². The van der Waals surface area contributed by atoms with Crippen molar-refractivity contribution < 1.29 is 9.90 Å². The summed E-state index contributed by atoms with van der Waals surface area (Å²) in [5, 5.41) is 18.7. The largest absolute Gasteiger partial charge is 0.478 e. The first-order valence-electron chi connectivity index (χ1n) is 9.10. The van der Waals surface area contributed by atoms with E-state index < -0.39 is 5.97 Å². The van der Waals surface area contributed by atoms with E-state index >= 15 is 0 Å². The van der Waals surface area contributed by atoms with Crippen LogP contribution in [0.15, 0.2) is 77.6 Å². The van der Waals surface area contributed by atoms with E-state index in [1.165, 1.54) is 16.7 Å². The molecule has 4 rings (SSSR count). The van der Waals surface area contributed by atoms with Gasteiger partial charge in [-0.15, -0.1) is 0 Å². The van der Waals surface area contributed by atoms with Crippen molar-refractivity contribution >= 4 is 29.0 Å². The van der Waals surface area contributed by atoms with Crippen LogP contribution >= 0.6 is 0 Å². The summed E-state index contributed by atoms with van der Waals surface area (Å²) in [4.78, 5) is 29.0. The Morgan fingerprint density at radius 1 is 1.00 bits per heavy atom. The quantitative estimate of drug-likeness (QED) is 0.562. The van der Waals surface area contributed by atoms with E-state index in [0.29, 0.717) is 28.0 Å². The van der Waals surface area contributed by atoms with Gasteiger partial charge in [0.25, 0.3) is 5.56 Å². The van der Waals surface area contributed by atoms with Gasteiger partial charge in [-0.25, -0.2) is 9.78 Å². The molecule has 0 bridgehead atoms. The van der Waals surface area contributed by atoms with Crippen LogP contribution in [0.5, 0.6) is 0 Å². The summed E-state index contributed by atoms with van der Waals surface area (Å²) in [7, 11) is 0. The minimum Gasteiger partial charge on any atom is -0.478 e. The summed E-state index contributed by atoms with van der Waals surface area (Å²) in [6.45, 7) is 0. The van der Waals surface area contributed by atoms with Gasteiger partial charge in [0, 0.05) is 0 Å². The molecule has 30 heavy (non-hydrogen) atoms. The van der Waals surface area contributed by atoms with Gasteiger partial charge in [-0.1, -0.05) is 30.3 Å². The lowest BCUT2D eigenvalue weighted by Crippen LogP contribution is -2.22. The van der Waals surface area contributed by atoms with Crippen LogP contribution in [-0.4, -0.2) is 20.6 Å². The predicted octanol–water partition coefficient (Wildman–Crippen LogP) is 4.13.